The van der Waals surface area contributed by atoms with Crippen LogP contribution in [0, 0.1) is 5.92 Å². The van der Waals surface area contributed by atoms with E-state index >= 15 is 0 Å². The molecule has 9 heteroatoms. The fourth-order valence-corrected chi connectivity index (χ4v) is 5.42. The number of anilines is 1. The van der Waals surface area contributed by atoms with Crippen LogP contribution < -0.4 is 5.32 Å². The van der Waals surface area contributed by atoms with Crippen LogP contribution >= 0.6 is 35.3 Å². The van der Waals surface area contributed by atoms with E-state index in [0.717, 1.165) is 35.8 Å². The highest BCUT2D eigenvalue weighted by atomic mass is 32.2. The van der Waals surface area contributed by atoms with Crippen molar-refractivity contribution in [1.82, 2.24) is 9.88 Å². The molecule has 1 aromatic heterocycles. The zero-order valence-corrected chi connectivity index (χ0v) is 20.2. The van der Waals surface area contributed by atoms with Crippen LogP contribution in [-0.2, 0) is 20.7 Å². The summed E-state index contributed by atoms with van der Waals surface area (Å²) in [5.41, 5.74) is 1.47. The number of rotatable bonds is 7. The highest BCUT2D eigenvalue weighted by Gasteiger charge is 2.27. The lowest BCUT2D eigenvalue weighted by atomic mass is 10.00. The number of benzene rings is 1. The lowest BCUT2D eigenvalue weighted by Crippen LogP contribution is -2.36. The zero-order valence-electron chi connectivity index (χ0n) is 17.7. The number of ether oxygens (including phenoxy) is 1. The maximum absolute atomic E-state index is 13.2. The van der Waals surface area contributed by atoms with E-state index in [9.17, 15) is 9.59 Å². The summed E-state index contributed by atoms with van der Waals surface area (Å²) in [5.74, 6) is 0.205. The van der Waals surface area contributed by atoms with Gasteiger partial charge < -0.3 is 15.0 Å². The van der Waals surface area contributed by atoms with Gasteiger partial charge in [0.2, 0.25) is 5.91 Å². The van der Waals surface area contributed by atoms with Gasteiger partial charge in [0, 0.05) is 18.5 Å². The number of piperidine rings is 1. The summed E-state index contributed by atoms with van der Waals surface area (Å²) in [4.78, 5) is 31.4. The minimum absolute atomic E-state index is 0.0918. The van der Waals surface area contributed by atoms with Crippen LogP contribution in [-0.4, -0.2) is 45.8 Å². The van der Waals surface area contributed by atoms with Gasteiger partial charge in [0.05, 0.1) is 18.7 Å². The van der Waals surface area contributed by atoms with Gasteiger partial charge in [-0.15, -0.1) is 11.3 Å². The highest BCUT2D eigenvalue weighted by Crippen LogP contribution is 2.34. The van der Waals surface area contributed by atoms with Crippen molar-refractivity contribution in [3.8, 4) is 0 Å². The van der Waals surface area contributed by atoms with Crippen molar-refractivity contribution >= 4 is 56.6 Å². The molecule has 166 valence electrons. The molecule has 1 amide bonds. The average molecular weight is 478 g/mol. The van der Waals surface area contributed by atoms with Crippen molar-refractivity contribution in [3.63, 3.8) is 0 Å². The number of esters is 1. The topological polar surface area (TPSA) is 71.5 Å². The second-order valence-electron chi connectivity index (χ2n) is 7.46. The largest absolute Gasteiger partial charge is 0.466 e. The second kappa shape index (κ2) is 11.6. The summed E-state index contributed by atoms with van der Waals surface area (Å²) in [6.07, 6.45) is 2.32. The van der Waals surface area contributed by atoms with E-state index in [2.05, 4.69) is 22.1 Å². The smallest absolute Gasteiger partial charge is 0.311 e. The quantitative estimate of drug-likeness (QED) is 0.459. The Morgan fingerprint density at radius 1 is 1.32 bits per heavy atom. The number of thiazole rings is 1. The third kappa shape index (κ3) is 7.02. The summed E-state index contributed by atoms with van der Waals surface area (Å²) < 4.78 is 5.70. The van der Waals surface area contributed by atoms with Crippen molar-refractivity contribution in [2.75, 3.05) is 25.0 Å². The number of likely N-dealkylation sites (tertiary alicyclic amines) is 1. The van der Waals surface area contributed by atoms with Crippen LogP contribution in [0.4, 0.5) is 5.13 Å². The highest BCUT2D eigenvalue weighted by molar-refractivity contribution is 8.23. The lowest BCUT2D eigenvalue weighted by Gasteiger charge is -2.32. The maximum Gasteiger partial charge on any atom is 0.311 e. The molecule has 0 saturated carbocycles. The van der Waals surface area contributed by atoms with Gasteiger partial charge in [-0.2, -0.15) is 0 Å². The molecule has 2 aromatic rings. The number of amides is 1. The summed E-state index contributed by atoms with van der Waals surface area (Å²) >= 11 is 8.39. The minimum atomic E-state index is -0.481. The Kier molecular flexibility index (Phi) is 8.86. The number of thiocarbonyl (C=S) groups is 1. The van der Waals surface area contributed by atoms with Crippen molar-refractivity contribution in [3.05, 3.63) is 47.0 Å². The summed E-state index contributed by atoms with van der Waals surface area (Å²) in [6, 6.07) is 9.64. The monoisotopic (exact) mass is 477 g/mol. The Hall–Kier alpha value is -1.97. The number of hydrogen-bond donors (Lipinski definition) is 1. The van der Waals surface area contributed by atoms with Gasteiger partial charge in [0.1, 0.15) is 9.57 Å². The Bertz CT molecular complexity index is 896. The van der Waals surface area contributed by atoms with E-state index < -0.39 is 5.25 Å². The zero-order chi connectivity index (χ0) is 22.2. The van der Waals surface area contributed by atoms with Crippen LogP contribution in [0.25, 0.3) is 0 Å². The Labute approximate surface area is 196 Å². The normalized spacial score (nSPS) is 15.4. The van der Waals surface area contributed by atoms with E-state index in [1.165, 1.54) is 23.1 Å². The molecular formula is C22H27N3O3S3. The van der Waals surface area contributed by atoms with Gasteiger partial charge in [0.15, 0.2) is 5.13 Å². The number of nitrogens with zero attached hydrogens (tertiary/aromatic N) is 2. The van der Waals surface area contributed by atoms with Gasteiger partial charge in [0.25, 0.3) is 0 Å². The van der Waals surface area contributed by atoms with Crippen LogP contribution in [0.1, 0.15) is 43.2 Å². The molecule has 1 N–H and O–H groups in total. The number of thioether (sulfide) groups is 1. The standard InChI is InChI=1S/C22H27N3O3S3/c1-3-28-18(26)13-17-14-30-21(23-17)24-20(27)19(16-7-5-4-6-8-16)31-22(29)25-11-9-15(2)10-12-25/h4-8,14-15,19H,3,9-13H2,1-2H3,(H,23,24,27). The lowest BCUT2D eigenvalue weighted by molar-refractivity contribution is -0.142. The first-order valence-corrected chi connectivity index (χ1v) is 12.5. The molecule has 0 aliphatic carbocycles. The molecule has 1 aliphatic rings. The molecule has 3 rings (SSSR count). The molecule has 6 nitrogen and oxygen atoms in total. The predicted molar refractivity (Wildman–Crippen MR) is 130 cm³/mol. The fraction of sp³-hybridized carbons (Fsp3) is 0.455. The molecule has 0 spiro atoms. The molecule has 0 bridgehead atoms. The SMILES string of the molecule is CCOC(=O)Cc1csc(NC(=O)C(SC(=S)N2CCC(C)CC2)c2ccccc2)n1. The van der Waals surface area contributed by atoms with Crippen molar-refractivity contribution in [2.24, 2.45) is 5.92 Å². The van der Waals surface area contributed by atoms with E-state index in [-0.39, 0.29) is 18.3 Å². The number of carbonyl (C=O) groups is 2. The van der Waals surface area contributed by atoms with E-state index in [4.69, 9.17) is 17.0 Å². The average Bonchev–Trinajstić information content (AvgIpc) is 3.19. The Morgan fingerprint density at radius 2 is 2.03 bits per heavy atom. The van der Waals surface area contributed by atoms with Crippen LogP contribution in [0.5, 0.6) is 0 Å². The molecule has 1 fully saturated rings. The van der Waals surface area contributed by atoms with Gasteiger partial charge in [-0.25, -0.2) is 4.98 Å². The molecule has 1 saturated heterocycles. The number of nitrogens with one attached hydrogen (secondary N) is 1. The molecule has 1 aliphatic heterocycles. The number of aromatic nitrogens is 1. The van der Waals surface area contributed by atoms with Crippen molar-refractivity contribution in [2.45, 2.75) is 38.4 Å². The summed E-state index contributed by atoms with van der Waals surface area (Å²) in [7, 11) is 0. The summed E-state index contributed by atoms with van der Waals surface area (Å²) in [5, 5.41) is 4.64. The predicted octanol–water partition coefficient (Wildman–Crippen LogP) is 4.68. The van der Waals surface area contributed by atoms with Gasteiger partial charge in [-0.3, -0.25) is 9.59 Å². The van der Waals surface area contributed by atoms with Crippen LogP contribution in [0.3, 0.4) is 0 Å². The Morgan fingerprint density at radius 3 is 2.71 bits per heavy atom. The molecule has 1 unspecified atom stereocenters. The van der Waals surface area contributed by atoms with Crippen molar-refractivity contribution < 1.29 is 14.3 Å². The molecule has 1 aromatic carbocycles. The fourth-order valence-electron chi connectivity index (χ4n) is 3.24. The molecule has 0 radical (unpaired) electrons. The second-order valence-corrected chi connectivity index (χ2v) is 10.1. The van der Waals surface area contributed by atoms with E-state index in [1.807, 2.05) is 30.3 Å². The van der Waals surface area contributed by atoms with Gasteiger partial charge >= 0.3 is 5.97 Å². The first kappa shape index (κ1) is 23.7. The Balaban J connectivity index is 1.68. The third-order valence-corrected chi connectivity index (χ3v) is 7.55. The van der Waals surface area contributed by atoms with Crippen molar-refractivity contribution in [1.29, 1.82) is 0 Å². The van der Waals surface area contributed by atoms with Crippen LogP contribution in [0.15, 0.2) is 35.7 Å². The van der Waals surface area contributed by atoms with E-state index in [1.54, 1.807) is 12.3 Å². The first-order chi connectivity index (χ1) is 15.0. The number of carbonyl (C=O) groups excluding carboxylic acids is 2. The third-order valence-electron chi connectivity index (χ3n) is 5.01. The summed E-state index contributed by atoms with van der Waals surface area (Å²) in [6.45, 7) is 6.22. The van der Waals surface area contributed by atoms with E-state index in [0.29, 0.717) is 23.4 Å². The van der Waals surface area contributed by atoms with Gasteiger partial charge in [-0.1, -0.05) is 61.2 Å². The molecule has 31 heavy (non-hydrogen) atoms. The number of hydrogen-bond acceptors (Lipinski definition) is 7. The molecular weight excluding hydrogens is 450 g/mol. The van der Waals surface area contributed by atoms with Crippen LogP contribution in [0.2, 0.25) is 0 Å². The maximum atomic E-state index is 13.2. The molecule has 1 atom stereocenters. The molecule has 2 heterocycles. The van der Waals surface area contributed by atoms with Gasteiger partial charge in [-0.05, 0) is 31.2 Å². The first-order valence-electron chi connectivity index (χ1n) is 10.4. The minimum Gasteiger partial charge on any atom is -0.466 e.